The summed E-state index contributed by atoms with van der Waals surface area (Å²) in [7, 11) is 0. The van der Waals surface area contributed by atoms with Crippen LogP contribution >= 0.6 is 24.8 Å². The van der Waals surface area contributed by atoms with Crippen LogP contribution in [0.2, 0.25) is 0 Å². The third-order valence-corrected chi connectivity index (χ3v) is 14.6. The summed E-state index contributed by atoms with van der Waals surface area (Å²) < 4.78 is 16.1. The Kier molecular flexibility index (Phi) is 30.6. The fraction of sp³-hybridized carbons (Fsp3) is 0.559. The molecule has 3 saturated heterocycles. The zero-order chi connectivity index (χ0) is 54.5. The smallest absolute Gasteiger partial charge is 0.256 e. The molecule has 9 rings (SSSR count). The maximum absolute atomic E-state index is 8.81. The first-order valence-electron chi connectivity index (χ1n) is 28.6. The van der Waals surface area contributed by atoms with Gasteiger partial charge in [-0.1, -0.05) is 216 Å². The molecule has 3 fully saturated rings. The zero-order valence-corrected chi connectivity index (χ0v) is 48.4. The molecule has 6 heterocycles. The number of hydrogen-bond acceptors (Lipinski definition) is 15. The van der Waals surface area contributed by atoms with Gasteiger partial charge in [0.25, 0.3) is 5.89 Å². The molecule has 20 heteroatoms. The summed E-state index contributed by atoms with van der Waals surface area (Å²) in [4.78, 5) is 18.6. The molecule has 3 aliphatic heterocycles. The molecule has 6 aromatic rings. The number of hydrogen-bond donors (Lipinski definition) is 5. The van der Waals surface area contributed by atoms with Crippen molar-refractivity contribution in [1.29, 1.82) is 0 Å². The number of nitrogens with two attached hydrogens (primary N) is 2. The van der Waals surface area contributed by atoms with Crippen LogP contribution in [0, 0.1) is 6.57 Å². The molecule has 0 amide bonds. The minimum absolute atomic E-state index is 0. The normalized spacial score (nSPS) is 16.2. The third kappa shape index (κ3) is 20.5. The van der Waals surface area contributed by atoms with Gasteiger partial charge in [0.05, 0.1) is 12.6 Å². The van der Waals surface area contributed by atoms with Crippen LogP contribution in [0.15, 0.2) is 91.5 Å². The van der Waals surface area contributed by atoms with Gasteiger partial charge in [-0.05, 0) is 74.6 Å². The van der Waals surface area contributed by atoms with Crippen molar-refractivity contribution in [3.05, 3.63) is 119 Å². The molecule has 7 N–H and O–H groups in total. The molecule has 3 atom stereocenters. The second-order valence-corrected chi connectivity index (χ2v) is 20.3. The van der Waals surface area contributed by atoms with E-state index in [2.05, 4.69) is 133 Å². The SMILES string of the molecule is CCCCCCCCc1ccc(-c2noc([C@@H]3CCN3)n2)cc1.CCCCCCCCc1ccc(-c2noc([C@@H]3CCN3/C(N)=N/O)n2)cc1.Cl.Cl.NO.[C-]#[N+]N1CC[C@H]1c1nc(-c2ccc(CCCCCCCC)cc2)no1. The summed E-state index contributed by atoms with van der Waals surface area (Å²) in [5.74, 6) is 7.21. The van der Waals surface area contributed by atoms with Crippen molar-refractivity contribution >= 4 is 30.8 Å². The van der Waals surface area contributed by atoms with Gasteiger partial charge in [-0.25, -0.2) is 5.90 Å². The van der Waals surface area contributed by atoms with Gasteiger partial charge in [0.1, 0.15) is 6.04 Å². The highest BCUT2D eigenvalue weighted by molar-refractivity contribution is 5.85. The Labute approximate surface area is 480 Å². The Morgan fingerprint density at radius 3 is 1.23 bits per heavy atom. The summed E-state index contributed by atoms with van der Waals surface area (Å²) in [5.41, 5.74) is 12.7. The van der Waals surface area contributed by atoms with Crippen LogP contribution in [0.3, 0.4) is 0 Å². The van der Waals surface area contributed by atoms with Crippen LogP contribution in [-0.2, 0) is 19.3 Å². The number of benzene rings is 3. The van der Waals surface area contributed by atoms with E-state index in [4.69, 9.17) is 36.3 Å². The number of rotatable bonds is 27. The van der Waals surface area contributed by atoms with Crippen molar-refractivity contribution in [1.82, 2.24) is 45.6 Å². The topological polar surface area (TPSA) is 244 Å². The fourth-order valence-corrected chi connectivity index (χ4v) is 9.48. The van der Waals surface area contributed by atoms with E-state index in [0.29, 0.717) is 41.7 Å². The van der Waals surface area contributed by atoms with Crippen LogP contribution in [-0.4, -0.2) is 76.3 Å². The van der Waals surface area contributed by atoms with Crippen molar-refractivity contribution in [3.8, 4) is 34.2 Å². The standard InChI is InChI=1S/C20H29N5O2.C20H26N4O.C19H27N3O.2ClH.H3NO/c1-2-3-4-5-6-7-8-15-9-11-16(12-10-15)18-22-19(27-24-18)17-13-14-25(17)20(21)23-26;1-3-4-5-6-7-8-9-16-10-12-17(13-11-16)19-22-20(25-23-19)18-14-15-24(18)21-2;1-2-3-4-5-6-7-8-15-9-11-16(12-10-15)18-21-19(23-22-18)17-13-14-20-17;;;1-2/h9-12,17,26H,2-8,13-14H2,1H3,(H2,21,23);10-13,18H,3-9,14-15H2,1H3;9-12,17,20H,2-8,13-14H2,1H3;2*1H;2H,1H2/t17-;18-;17-;;;/m000.../s1. The van der Waals surface area contributed by atoms with Gasteiger partial charge in [-0.3, -0.25) is 0 Å². The van der Waals surface area contributed by atoms with E-state index in [-0.39, 0.29) is 48.9 Å². The van der Waals surface area contributed by atoms with Crippen molar-refractivity contribution in [2.45, 2.75) is 193 Å². The van der Waals surface area contributed by atoms with Crippen LogP contribution in [0.4, 0.5) is 0 Å². The molecule has 432 valence electrons. The monoisotopic (exact) mass is 1130 g/mol. The fourth-order valence-electron chi connectivity index (χ4n) is 9.48. The molecule has 3 aliphatic rings. The largest absolute Gasteiger partial charge is 0.408 e. The lowest BCUT2D eigenvalue weighted by Gasteiger charge is -2.38. The number of nitrogens with zero attached hydrogens (tertiary/aromatic N) is 10. The van der Waals surface area contributed by atoms with Gasteiger partial charge in [-0.2, -0.15) is 26.5 Å². The Morgan fingerprint density at radius 1 is 0.557 bits per heavy atom. The molecular formula is C59H87Cl2N13O5. The molecule has 0 saturated carbocycles. The van der Waals surface area contributed by atoms with Gasteiger partial charge in [0.2, 0.25) is 35.2 Å². The molecule has 18 nitrogen and oxygen atoms in total. The summed E-state index contributed by atoms with van der Waals surface area (Å²) in [6.45, 7) is 16.4. The molecule has 0 spiro atoms. The van der Waals surface area contributed by atoms with Crippen LogP contribution in [0.1, 0.15) is 208 Å². The lowest BCUT2D eigenvalue weighted by molar-refractivity contribution is 0.116. The van der Waals surface area contributed by atoms with Crippen LogP contribution in [0.5, 0.6) is 0 Å². The van der Waals surface area contributed by atoms with Crippen molar-refractivity contribution < 1.29 is 24.0 Å². The van der Waals surface area contributed by atoms with E-state index in [0.717, 1.165) is 68.3 Å². The minimum atomic E-state index is -0.117. The molecule has 0 aliphatic carbocycles. The number of likely N-dealkylation sites (tertiary alicyclic amines) is 1. The van der Waals surface area contributed by atoms with E-state index in [1.165, 1.54) is 132 Å². The first-order valence-corrected chi connectivity index (χ1v) is 28.6. The number of oxime groups is 1. The van der Waals surface area contributed by atoms with Gasteiger partial charge in [0, 0.05) is 29.7 Å². The second kappa shape index (κ2) is 37.0. The van der Waals surface area contributed by atoms with Gasteiger partial charge >= 0.3 is 0 Å². The second-order valence-electron chi connectivity index (χ2n) is 20.3. The molecule has 3 aromatic carbocycles. The highest BCUT2D eigenvalue weighted by Gasteiger charge is 2.38. The molecule has 0 unspecified atom stereocenters. The number of nitrogens with one attached hydrogen (secondary N) is 1. The minimum Gasteiger partial charge on any atom is -0.408 e. The molecule has 0 radical (unpaired) electrons. The lowest BCUT2D eigenvalue weighted by atomic mass is 10.0. The van der Waals surface area contributed by atoms with Crippen LogP contribution < -0.4 is 16.9 Å². The number of guanidine groups is 1. The highest BCUT2D eigenvalue weighted by atomic mass is 35.5. The predicted octanol–water partition coefficient (Wildman–Crippen LogP) is 14.2. The van der Waals surface area contributed by atoms with Crippen molar-refractivity contribution in [2.75, 3.05) is 19.6 Å². The van der Waals surface area contributed by atoms with Gasteiger partial charge < -0.3 is 39.9 Å². The first kappa shape index (κ1) is 65.4. The van der Waals surface area contributed by atoms with Gasteiger partial charge in [0.15, 0.2) is 6.04 Å². The first-order chi connectivity index (χ1) is 37.9. The molecule has 0 bridgehead atoms. The molecular weight excluding hydrogens is 1040 g/mol. The average molecular weight is 1130 g/mol. The van der Waals surface area contributed by atoms with Crippen LogP contribution in [0.25, 0.3) is 39.1 Å². The average Bonchev–Trinajstić information content (AvgIpc) is 4.31. The van der Waals surface area contributed by atoms with E-state index in [1.54, 1.807) is 9.91 Å². The number of unbranched alkanes of at least 4 members (excludes halogenated alkanes) is 15. The summed E-state index contributed by atoms with van der Waals surface area (Å²) >= 11 is 0. The van der Waals surface area contributed by atoms with Crippen molar-refractivity contribution in [3.63, 3.8) is 0 Å². The van der Waals surface area contributed by atoms with E-state index in [1.807, 2.05) is 12.1 Å². The number of aryl methyl sites for hydroxylation is 3. The van der Waals surface area contributed by atoms with E-state index < -0.39 is 0 Å². The molecule has 3 aromatic heterocycles. The van der Waals surface area contributed by atoms with Crippen molar-refractivity contribution in [2.24, 2.45) is 16.8 Å². The zero-order valence-electron chi connectivity index (χ0n) is 46.8. The Morgan fingerprint density at radius 2 is 0.911 bits per heavy atom. The van der Waals surface area contributed by atoms with E-state index in [9.17, 15) is 0 Å². The third-order valence-electron chi connectivity index (χ3n) is 14.6. The summed E-state index contributed by atoms with van der Waals surface area (Å²) in [6, 6.07) is 25.5. The predicted molar refractivity (Wildman–Crippen MR) is 314 cm³/mol. The van der Waals surface area contributed by atoms with E-state index >= 15 is 0 Å². The Hall–Kier alpha value is -6.10. The maximum atomic E-state index is 8.81. The Bertz CT molecular complexity index is 2620. The summed E-state index contributed by atoms with van der Waals surface area (Å²) in [5, 5.41) is 35.5. The Balaban J connectivity index is 0.000000249. The van der Waals surface area contributed by atoms with Gasteiger partial charge in [-0.15, -0.1) is 24.8 Å². The highest BCUT2D eigenvalue weighted by Crippen LogP contribution is 2.35. The quantitative estimate of drug-likeness (QED) is 0.00804. The number of halogens is 2. The summed E-state index contributed by atoms with van der Waals surface area (Å²) in [6.07, 6.45) is 30.1. The lowest BCUT2D eigenvalue weighted by Crippen LogP contribution is -2.48. The molecule has 79 heavy (non-hydrogen) atoms. The number of aromatic nitrogens is 6. The maximum Gasteiger partial charge on any atom is 0.256 e.